The molecule has 10 rings (SSSR count). The summed E-state index contributed by atoms with van der Waals surface area (Å²) in [4.78, 5) is 0. The van der Waals surface area contributed by atoms with Crippen LogP contribution in [-0.2, 0) is 16.4 Å². The van der Waals surface area contributed by atoms with Gasteiger partial charge in [-0.15, -0.1) is 0 Å². The van der Waals surface area contributed by atoms with Gasteiger partial charge in [0.1, 0.15) is 5.69 Å². The van der Waals surface area contributed by atoms with Crippen LogP contribution in [0.25, 0.3) is 33.7 Å². The molecule has 0 N–H and O–H groups in total. The number of hydrogen-bond donors (Lipinski definition) is 0. The van der Waals surface area contributed by atoms with E-state index >= 15 is 0 Å². The Balaban J connectivity index is 1.52. The minimum atomic E-state index is -0.595. The maximum atomic E-state index is 7.24. The van der Waals surface area contributed by atoms with Gasteiger partial charge in [0.15, 0.2) is 28.9 Å². The molecule has 220 valence electrons. The highest BCUT2D eigenvalue weighted by Gasteiger charge is 2.70. The second-order valence-corrected chi connectivity index (χ2v) is 15.0. The number of para-hydroxylation sites is 2. The maximum absolute atomic E-state index is 7.24. The Morgan fingerprint density at radius 1 is 0.733 bits per heavy atom. The van der Waals surface area contributed by atoms with Crippen LogP contribution in [-0.4, -0.2) is 4.57 Å². The molecule has 0 saturated heterocycles. The molecule has 1 aliphatic carbocycles. The first kappa shape index (κ1) is 25.6. The molecule has 0 radical (unpaired) electrons. The predicted octanol–water partition coefficient (Wildman–Crippen LogP) is 8.40. The highest BCUT2D eigenvalue weighted by atomic mass is 16.5. The van der Waals surface area contributed by atoms with Crippen molar-refractivity contribution < 1.29 is 13.9 Å². The first-order chi connectivity index (χ1) is 21.7. The largest absolute Gasteiger partial charge is 0.448 e. The van der Waals surface area contributed by atoms with Crippen LogP contribution in [0.3, 0.4) is 0 Å². The number of ether oxygens (including phenoxy) is 1. The Kier molecular flexibility index (Phi) is 4.51. The minimum absolute atomic E-state index is 0.00903. The van der Waals surface area contributed by atoms with Crippen molar-refractivity contribution in [3.63, 3.8) is 0 Å². The van der Waals surface area contributed by atoms with E-state index in [0.29, 0.717) is 0 Å². The quantitative estimate of drug-likeness (QED) is 0.177. The van der Waals surface area contributed by atoms with E-state index in [0.717, 1.165) is 29.9 Å². The Labute approximate surface area is 264 Å². The van der Waals surface area contributed by atoms with E-state index in [1.54, 1.807) is 0 Å². The normalized spacial score (nSPS) is 20.2. The molecule has 3 aliphatic heterocycles. The van der Waals surface area contributed by atoms with E-state index < -0.39 is 5.54 Å². The first-order valence-corrected chi connectivity index (χ1v) is 16.3. The van der Waals surface area contributed by atoms with Gasteiger partial charge in [-0.1, -0.05) is 70.2 Å². The molecule has 4 aromatic carbocycles. The van der Waals surface area contributed by atoms with Gasteiger partial charge in [-0.3, -0.25) is 0 Å². The van der Waals surface area contributed by atoms with Crippen LogP contribution < -0.4 is 13.9 Å². The number of pyridine rings is 1. The van der Waals surface area contributed by atoms with Gasteiger partial charge in [-0.2, -0.15) is 13.7 Å². The lowest BCUT2D eigenvalue weighted by Crippen LogP contribution is -2.57. The summed E-state index contributed by atoms with van der Waals surface area (Å²) >= 11 is 0. The molecule has 4 aliphatic rings. The molecule has 45 heavy (non-hydrogen) atoms. The van der Waals surface area contributed by atoms with Crippen LogP contribution in [0.15, 0.2) is 91.1 Å². The van der Waals surface area contributed by atoms with Crippen molar-refractivity contribution in [2.45, 2.75) is 70.8 Å². The first-order valence-electron chi connectivity index (χ1n) is 16.3. The van der Waals surface area contributed by atoms with E-state index in [-0.39, 0.29) is 10.8 Å². The third-order valence-electron chi connectivity index (χ3n) is 11.5. The summed E-state index contributed by atoms with van der Waals surface area (Å²) in [5.41, 5.74) is 14.7. The molecule has 6 aromatic rings. The summed E-state index contributed by atoms with van der Waals surface area (Å²) < 4.78 is 15.0. The zero-order chi connectivity index (χ0) is 30.6. The van der Waals surface area contributed by atoms with Crippen LogP contribution >= 0.6 is 0 Å². The maximum Gasteiger partial charge on any atom is 0.352 e. The fraction of sp³-hybridized carbons (Fsp3) is 0.268. The molecule has 0 fully saturated rings. The summed E-state index contributed by atoms with van der Waals surface area (Å²) in [6.07, 6.45) is 4.58. The van der Waals surface area contributed by atoms with Gasteiger partial charge in [0.2, 0.25) is 11.2 Å². The summed E-state index contributed by atoms with van der Waals surface area (Å²) in [5, 5.41) is 0. The number of imidazole rings is 1. The molecule has 4 heteroatoms. The highest BCUT2D eigenvalue weighted by Crippen LogP contribution is 2.60. The number of benzene rings is 4. The lowest BCUT2D eigenvalue weighted by Gasteiger charge is -2.43. The SMILES string of the molecule is Cc1cccc(C)c1-n1c2[n+]3c4c(cccc41)Oc1c-3c(cc3c1C(C)(C)CCC3(C)C)C21c2ccccc2-c2cccc[n+]21. The average molecular weight is 588 g/mol. The smallest absolute Gasteiger partial charge is 0.352 e. The van der Waals surface area contributed by atoms with Crippen molar-refractivity contribution in [3.8, 4) is 34.1 Å². The fourth-order valence-electron chi connectivity index (χ4n) is 9.42. The van der Waals surface area contributed by atoms with E-state index in [9.17, 15) is 0 Å². The number of hydrogen-bond acceptors (Lipinski definition) is 1. The minimum Gasteiger partial charge on any atom is -0.448 e. The number of aryl methyl sites for hydroxylation is 2. The molecule has 0 amide bonds. The van der Waals surface area contributed by atoms with Crippen molar-refractivity contribution in [1.82, 2.24) is 4.57 Å². The average Bonchev–Trinajstić information content (AvgIpc) is 3.62. The molecule has 1 unspecified atom stereocenters. The fourth-order valence-corrected chi connectivity index (χ4v) is 9.42. The van der Waals surface area contributed by atoms with Crippen molar-refractivity contribution in [1.29, 1.82) is 0 Å². The van der Waals surface area contributed by atoms with E-state index in [1.807, 2.05) is 0 Å². The molecule has 2 aromatic heterocycles. The molecule has 0 saturated carbocycles. The summed E-state index contributed by atoms with van der Waals surface area (Å²) in [7, 11) is 0. The van der Waals surface area contributed by atoms with Crippen LogP contribution in [0.2, 0.25) is 0 Å². The van der Waals surface area contributed by atoms with Crippen LogP contribution in [0, 0.1) is 13.8 Å². The van der Waals surface area contributed by atoms with Crippen molar-refractivity contribution in [2.75, 3.05) is 0 Å². The van der Waals surface area contributed by atoms with Gasteiger partial charge >= 0.3 is 11.4 Å². The molecule has 1 atom stereocenters. The van der Waals surface area contributed by atoms with Gasteiger partial charge in [-0.25, -0.2) is 0 Å². The van der Waals surface area contributed by atoms with E-state index in [1.165, 1.54) is 67.4 Å². The predicted molar refractivity (Wildman–Crippen MR) is 177 cm³/mol. The lowest BCUT2D eigenvalue weighted by molar-refractivity contribution is -0.733. The van der Waals surface area contributed by atoms with Gasteiger partial charge < -0.3 is 4.74 Å². The molecule has 4 nitrogen and oxygen atoms in total. The zero-order valence-electron chi connectivity index (χ0n) is 26.8. The van der Waals surface area contributed by atoms with Gasteiger partial charge in [0, 0.05) is 17.7 Å². The molecule has 0 bridgehead atoms. The van der Waals surface area contributed by atoms with Crippen LogP contribution in [0.1, 0.15) is 79.7 Å². The van der Waals surface area contributed by atoms with Crippen molar-refractivity contribution in [2.24, 2.45) is 0 Å². The number of aromatic nitrogens is 3. The van der Waals surface area contributed by atoms with Crippen LogP contribution in [0.4, 0.5) is 0 Å². The Hall–Kier alpha value is -4.70. The number of fused-ring (bicyclic) bond motifs is 9. The molecule has 1 spiro atoms. The van der Waals surface area contributed by atoms with Crippen molar-refractivity contribution in [3.05, 3.63) is 130 Å². The monoisotopic (exact) mass is 587 g/mol. The second kappa shape index (κ2) is 7.92. The molecular weight excluding hydrogens is 550 g/mol. The van der Waals surface area contributed by atoms with Crippen molar-refractivity contribution >= 4 is 11.0 Å². The summed E-state index contributed by atoms with van der Waals surface area (Å²) in [6, 6.07) is 31.6. The Morgan fingerprint density at radius 3 is 2.29 bits per heavy atom. The molecular formula is C41H37N3O+2. The zero-order valence-corrected chi connectivity index (χ0v) is 26.8. The van der Waals surface area contributed by atoms with Crippen LogP contribution in [0.5, 0.6) is 11.5 Å². The number of nitrogens with zero attached hydrogens (tertiary/aromatic N) is 3. The standard InChI is InChI=1S/C41H37N3O/c1-24-13-11-14-25(2)34(24)43-31-18-12-19-32-36(31)44-35-29(23-28-33(37(35)45-32)40(5,6)21-20-39(28,3)4)41(38(43)44)27-16-8-7-15-26(27)30-17-9-10-22-42(30)41/h7-19,22-23H,20-21H2,1-6H3/q+2. The van der Waals surface area contributed by atoms with E-state index in [2.05, 4.69) is 146 Å². The topological polar surface area (TPSA) is 21.9 Å². The molecule has 5 heterocycles. The van der Waals surface area contributed by atoms with Gasteiger partial charge in [0.25, 0.3) is 0 Å². The summed E-state index contributed by atoms with van der Waals surface area (Å²) in [6.45, 7) is 14.2. The van der Waals surface area contributed by atoms with Gasteiger partial charge in [0.05, 0.1) is 16.7 Å². The summed E-state index contributed by atoms with van der Waals surface area (Å²) in [5.74, 6) is 3.23. The van der Waals surface area contributed by atoms with E-state index in [4.69, 9.17) is 4.74 Å². The Bertz CT molecular complexity index is 2270. The van der Waals surface area contributed by atoms with Gasteiger partial charge in [-0.05, 0) is 84.5 Å². The highest BCUT2D eigenvalue weighted by molar-refractivity contribution is 5.88. The second-order valence-electron chi connectivity index (χ2n) is 15.0. The third kappa shape index (κ3) is 2.78. The third-order valence-corrected chi connectivity index (χ3v) is 11.5. The Morgan fingerprint density at radius 2 is 1.47 bits per heavy atom. The number of rotatable bonds is 1. The lowest BCUT2D eigenvalue weighted by atomic mass is 9.61.